The summed E-state index contributed by atoms with van der Waals surface area (Å²) in [5.41, 5.74) is 1.71. The Morgan fingerprint density at radius 2 is 1.91 bits per heavy atom. The van der Waals surface area contributed by atoms with Crippen LogP contribution in [0.3, 0.4) is 0 Å². The molecule has 0 aliphatic heterocycles. The van der Waals surface area contributed by atoms with Crippen molar-refractivity contribution in [2.75, 3.05) is 33.2 Å². The predicted molar refractivity (Wildman–Crippen MR) is 103 cm³/mol. The standard InChI is InChI=1S/C16H27FN4.HI/c1-5-21(6-2)10-9-19-16(18-4)20-12-14-7-8-15(17)13(3)11-14;/h7-8,11H,5-6,9-10,12H2,1-4H3,(H2,18,19,20);1H. The fourth-order valence-electron chi connectivity index (χ4n) is 2.10. The van der Waals surface area contributed by atoms with Crippen molar-refractivity contribution >= 4 is 29.9 Å². The minimum Gasteiger partial charge on any atom is -0.355 e. The van der Waals surface area contributed by atoms with Gasteiger partial charge in [-0.3, -0.25) is 4.99 Å². The normalized spacial score (nSPS) is 11.3. The van der Waals surface area contributed by atoms with Crippen molar-refractivity contribution < 1.29 is 4.39 Å². The molecule has 0 heterocycles. The van der Waals surface area contributed by atoms with E-state index in [1.807, 2.05) is 6.07 Å². The Hall–Kier alpha value is -0.890. The Morgan fingerprint density at radius 1 is 1.23 bits per heavy atom. The summed E-state index contributed by atoms with van der Waals surface area (Å²) in [7, 11) is 1.75. The summed E-state index contributed by atoms with van der Waals surface area (Å²) < 4.78 is 13.2. The van der Waals surface area contributed by atoms with Gasteiger partial charge in [0.25, 0.3) is 0 Å². The molecule has 22 heavy (non-hydrogen) atoms. The SMILES string of the molecule is CCN(CC)CCNC(=NC)NCc1ccc(F)c(C)c1.I. The van der Waals surface area contributed by atoms with Gasteiger partial charge in [-0.15, -0.1) is 24.0 Å². The van der Waals surface area contributed by atoms with Gasteiger partial charge in [0.15, 0.2) is 5.96 Å². The van der Waals surface area contributed by atoms with E-state index in [0.717, 1.165) is 37.7 Å². The Bertz CT molecular complexity index is 461. The van der Waals surface area contributed by atoms with E-state index in [-0.39, 0.29) is 29.8 Å². The average molecular weight is 422 g/mol. The van der Waals surface area contributed by atoms with E-state index in [1.165, 1.54) is 6.07 Å². The summed E-state index contributed by atoms with van der Waals surface area (Å²) >= 11 is 0. The van der Waals surface area contributed by atoms with Crippen LogP contribution in [0.4, 0.5) is 4.39 Å². The number of halogens is 2. The molecule has 0 radical (unpaired) electrons. The third kappa shape index (κ3) is 7.40. The number of benzene rings is 1. The molecule has 1 aromatic rings. The number of nitrogens with one attached hydrogen (secondary N) is 2. The number of hydrogen-bond donors (Lipinski definition) is 2. The first kappa shape index (κ1) is 21.1. The average Bonchev–Trinajstić information content (AvgIpc) is 2.50. The molecule has 0 saturated heterocycles. The van der Waals surface area contributed by atoms with Crippen molar-refractivity contribution in [3.63, 3.8) is 0 Å². The Labute approximate surface area is 150 Å². The molecule has 1 aromatic carbocycles. The number of nitrogens with zero attached hydrogens (tertiary/aromatic N) is 2. The second-order valence-corrected chi connectivity index (χ2v) is 4.96. The minimum absolute atomic E-state index is 0. The van der Waals surface area contributed by atoms with Crippen LogP contribution in [0.2, 0.25) is 0 Å². The summed E-state index contributed by atoms with van der Waals surface area (Å²) in [6.45, 7) is 10.7. The van der Waals surface area contributed by atoms with Gasteiger partial charge in [-0.25, -0.2) is 4.39 Å². The number of rotatable bonds is 7. The van der Waals surface area contributed by atoms with Crippen LogP contribution in [0.1, 0.15) is 25.0 Å². The fraction of sp³-hybridized carbons (Fsp3) is 0.562. The van der Waals surface area contributed by atoms with Crippen LogP contribution in [0.25, 0.3) is 0 Å². The zero-order valence-corrected chi connectivity index (χ0v) is 16.3. The molecule has 6 heteroatoms. The summed E-state index contributed by atoms with van der Waals surface area (Å²) in [6, 6.07) is 5.15. The molecule has 4 nitrogen and oxygen atoms in total. The van der Waals surface area contributed by atoms with Crippen molar-refractivity contribution in [2.24, 2.45) is 4.99 Å². The second kappa shape index (κ2) is 11.6. The molecule has 0 atom stereocenters. The zero-order valence-electron chi connectivity index (χ0n) is 13.9. The van der Waals surface area contributed by atoms with E-state index in [4.69, 9.17) is 0 Å². The summed E-state index contributed by atoms with van der Waals surface area (Å²) in [5, 5.41) is 6.53. The Balaban J connectivity index is 0.00000441. The van der Waals surface area contributed by atoms with E-state index in [1.54, 1.807) is 20.0 Å². The minimum atomic E-state index is -0.166. The smallest absolute Gasteiger partial charge is 0.191 e. The number of aryl methyl sites for hydroxylation is 1. The highest BCUT2D eigenvalue weighted by Crippen LogP contribution is 2.08. The molecule has 0 aliphatic carbocycles. The lowest BCUT2D eigenvalue weighted by atomic mass is 10.1. The third-order valence-electron chi connectivity index (χ3n) is 3.52. The van der Waals surface area contributed by atoms with Crippen LogP contribution in [0, 0.1) is 12.7 Å². The number of aliphatic imine (C=N–C) groups is 1. The Morgan fingerprint density at radius 3 is 2.45 bits per heavy atom. The molecule has 0 spiro atoms. The molecular weight excluding hydrogens is 394 g/mol. The van der Waals surface area contributed by atoms with Gasteiger partial charge in [0.1, 0.15) is 5.82 Å². The monoisotopic (exact) mass is 422 g/mol. The van der Waals surface area contributed by atoms with E-state index >= 15 is 0 Å². The maximum atomic E-state index is 13.2. The summed E-state index contributed by atoms with van der Waals surface area (Å²) in [4.78, 5) is 6.54. The third-order valence-corrected chi connectivity index (χ3v) is 3.52. The molecular formula is C16H28FIN4. The number of likely N-dealkylation sites (N-methyl/N-ethyl adjacent to an activating group) is 1. The van der Waals surface area contributed by atoms with E-state index in [0.29, 0.717) is 12.1 Å². The quantitative estimate of drug-likeness (QED) is 0.404. The van der Waals surface area contributed by atoms with Crippen molar-refractivity contribution in [3.05, 3.63) is 35.1 Å². The van der Waals surface area contributed by atoms with Crippen LogP contribution in [0.15, 0.2) is 23.2 Å². The van der Waals surface area contributed by atoms with E-state index in [9.17, 15) is 4.39 Å². The van der Waals surface area contributed by atoms with Crippen LogP contribution in [0.5, 0.6) is 0 Å². The number of guanidine groups is 1. The van der Waals surface area contributed by atoms with Gasteiger partial charge in [0.2, 0.25) is 0 Å². The first-order chi connectivity index (χ1) is 10.1. The van der Waals surface area contributed by atoms with Crippen LogP contribution in [-0.4, -0.2) is 44.1 Å². The van der Waals surface area contributed by atoms with Crippen LogP contribution >= 0.6 is 24.0 Å². The van der Waals surface area contributed by atoms with Gasteiger partial charge in [-0.05, 0) is 37.2 Å². The highest BCUT2D eigenvalue weighted by atomic mass is 127. The first-order valence-electron chi connectivity index (χ1n) is 7.52. The van der Waals surface area contributed by atoms with Gasteiger partial charge in [-0.2, -0.15) is 0 Å². The van der Waals surface area contributed by atoms with Gasteiger partial charge in [0.05, 0.1) is 0 Å². The first-order valence-corrected chi connectivity index (χ1v) is 7.52. The van der Waals surface area contributed by atoms with E-state index < -0.39 is 0 Å². The predicted octanol–water partition coefficient (Wildman–Crippen LogP) is 2.76. The number of hydrogen-bond acceptors (Lipinski definition) is 2. The van der Waals surface area contributed by atoms with Crippen molar-refractivity contribution in [1.82, 2.24) is 15.5 Å². The van der Waals surface area contributed by atoms with Crippen LogP contribution in [-0.2, 0) is 6.54 Å². The van der Waals surface area contributed by atoms with Gasteiger partial charge in [-0.1, -0.05) is 26.0 Å². The topological polar surface area (TPSA) is 39.7 Å². The summed E-state index contributed by atoms with van der Waals surface area (Å²) in [5.74, 6) is 0.601. The van der Waals surface area contributed by atoms with Gasteiger partial charge < -0.3 is 15.5 Å². The lowest BCUT2D eigenvalue weighted by molar-refractivity contribution is 0.308. The largest absolute Gasteiger partial charge is 0.355 e. The van der Waals surface area contributed by atoms with Crippen molar-refractivity contribution in [2.45, 2.75) is 27.3 Å². The molecule has 0 aromatic heterocycles. The van der Waals surface area contributed by atoms with Gasteiger partial charge in [0, 0.05) is 26.7 Å². The second-order valence-electron chi connectivity index (χ2n) is 4.96. The molecule has 0 unspecified atom stereocenters. The van der Waals surface area contributed by atoms with Crippen LogP contribution < -0.4 is 10.6 Å². The van der Waals surface area contributed by atoms with Gasteiger partial charge >= 0.3 is 0 Å². The van der Waals surface area contributed by atoms with E-state index in [2.05, 4.69) is 34.4 Å². The zero-order chi connectivity index (χ0) is 15.7. The maximum Gasteiger partial charge on any atom is 0.191 e. The van der Waals surface area contributed by atoms with Crippen molar-refractivity contribution in [1.29, 1.82) is 0 Å². The highest BCUT2D eigenvalue weighted by molar-refractivity contribution is 14.0. The Kier molecular flexibility index (Phi) is 11.2. The molecule has 0 aliphatic rings. The molecule has 0 saturated carbocycles. The molecule has 1 rings (SSSR count). The molecule has 0 amide bonds. The molecule has 0 fully saturated rings. The summed E-state index contributed by atoms with van der Waals surface area (Å²) in [6.07, 6.45) is 0. The molecule has 126 valence electrons. The lowest BCUT2D eigenvalue weighted by Gasteiger charge is -2.19. The molecule has 0 bridgehead atoms. The van der Waals surface area contributed by atoms with Crippen molar-refractivity contribution in [3.8, 4) is 0 Å². The highest BCUT2D eigenvalue weighted by Gasteiger charge is 2.02. The lowest BCUT2D eigenvalue weighted by Crippen LogP contribution is -2.41. The maximum absolute atomic E-state index is 13.2. The fourth-order valence-corrected chi connectivity index (χ4v) is 2.10. The molecule has 2 N–H and O–H groups in total.